The number of nitrogens with zero attached hydrogens (tertiary/aromatic N) is 6. The van der Waals surface area contributed by atoms with Crippen molar-refractivity contribution in [2.75, 3.05) is 0 Å². The molecule has 2 radical (unpaired) electrons. The Morgan fingerprint density at radius 1 is 0.448 bits per heavy atom. The molecule has 0 unspecified atom stereocenters. The van der Waals surface area contributed by atoms with Crippen LogP contribution >= 0.6 is 0 Å². The van der Waals surface area contributed by atoms with Crippen molar-refractivity contribution in [2.45, 2.75) is 78.8 Å². The van der Waals surface area contributed by atoms with E-state index in [1.807, 2.05) is 73.3 Å². The van der Waals surface area contributed by atoms with Crippen molar-refractivity contribution in [3.8, 4) is 23.7 Å². The minimum atomic E-state index is -1.73. The Hall–Kier alpha value is -5.52. The fourth-order valence-corrected chi connectivity index (χ4v) is 4.01. The van der Waals surface area contributed by atoms with Crippen molar-refractivity contribution in [3.63, 3.8) is 0 Å². The van der Waals surface area contributed by atoms with E-state index in [0.717, 1.165) is 49.0 Å². The average Bonchev–Trinajstić information content (AvgIpc) is 3.11. The van der Waals surface area contributed by atoms with Gasteiger partial charge in [0.05, 0.1) is 22.8 Å². The minimum absolute atomic E-state index is 0. The molecule has 18 heteroatoms. The largest absolute Gasteiger partial charge is 2.00 e. The van der Waals surface area contributed by atoms with Crippen LogP contribution in [0.1, 0.15) is 64.3 Å². The van der Waals surface area contributed by atoms with E-state index in [-0.39, 0.29) is 56.2 Å². The van der Waals surface area contributed by atoms with E-state index in [1.165, 1.54) is 23.7 Å². The number of aliphatic carboxylic acids is 4. The summed E-state index contributed by atoms with van der Waals surface area (Å²) >= 11 is 0. The molecular weight excluding hydrogens is 834 g/mol. The standard InChI is InChI=1S/2C16H21N3.2C4H2O4.2Mn.2H2O/c2*1-16(2,3)19(12-14-8-4-6-10-17-14)13-15-9-5-7-11-18-15;2*5-3(6)1-2-4(7)8;;;;/h2*4-11H,12-13H2,1-3H3;2*(H,5,6)(H,7,8);;;2*1H2/q;;;;2*+2;;/p-2. The van der Waals surface area contributed by atoms with E-state index < -0.39 is 23.9 Å². The molecule has 0 saturated carbocycles. The van der Waals surface area contributed by atoms with E-state index in [1.54, 1.807) is 0 Å². The van der Waals surface area contributed by atoms with E-state index in [2.05, 4.69) is 95.5 Å². The molecule has 0 spiro atoms. The van der Waals surface area contributed by atoms with Crippen LogP contribution in [-0.2, 0) is 90.4 Å². The van der Waals surface area contributed by atoms with Crippen molar-refractivity contribution >= 4 is 23.9 Å². The van der Waals surface area contributed by atoms with Gasteiger partial charge in [-0.05, 0) is 114 Å². The molecule has 4 aromatic rings. The Morgan fingerprint density at radius 3 is 0.759 bits per heavy atom. The van der Waals surface area contributed by atoms with Crippen molar-refractivity contribution in [3.05, 3.63) is 120 Å². The SMILES string of the molecule is CC(C)(C)N(Cc1ccccn1)Cc1ccccn1.CC(C)(C)N(Cc1ccccn1)Cc1ccccn1.O=C([O-])C#CC(=O)[O-].O=C([O-])C#CC(=O)[O-].[Mn+2].[Mn+2].[OH3+].[OH3+]. The van der Waals surface area contributed by atoms with Crippen LogP contribution in [-0.4, -0.2) is 64.7 Å². The second-order valence-corrected chi connectivity index (χ2v) is 13.0. The van der Waals surface area contributed by atoms with Gasteiger partial charge in [0.2, 0.25) is 0 Å². The van der Waals surface area contributed by atoms with Gasteiger partial charge in [-0.3, -0.25) is 29.7 Å². The van der Waals surface area contributed by atoms with Gasteiger partial charge >= 0.3 is 34.1 Å². The number of carbonyl (C=O) groups excluding carboxylic acids is 4. The number of carboxylic acids is 4. The number of hydrogen-bond acceptors (Lipinski definition) is 14. The summed E-state index contributed by atoms with van der Waals surface area (Å²) in [6, 6.07) is 24.2. The second-order valence-electron chi connectivity index (χ2n) is 13.0. The van der Waals surface area contributed by atoms with Gasteiger partial charge in [0.15, 0.2) is 0 Å². The van der Waals surface area contributed by atoms with Crippen molar-refractivity contribution < 1.29 is 84.7 Å². The number of pyridine rings is 4. The van der Waals surface area contributed by atoms with Gasteiger partial charge in [-0.15, -0.1) is 0 Å². The second kappa shape index (κ2) is 31.6. The van der Waals surface area contributed by atoms with Gasteiger partial charge in [0.25, 0.3) is 0 Å². The van der Waals surface area contributed by atoms with E-state index in [9.17, 15) is 39.6 Å². The minimum Gasteiger partial charge on any atom is -0.537 e. The van der Waals surface area contributed by atoms with Gasteiger partial charge in [-0.2, -0.15) is 0 Å². The molecule has 4 aromatic heterocycles. The predicted octanol–water partition coefficient (Wildman–Crippen LogP) is -2.31. The van der Waals surface area contributed by atoms with Crippen LogP contribution < -0.4 is 20.4 Å². The first-order valence-corrected chi connectivity index (χ1v) is 16.3. The van der Waals surface area contributed by atoms with E-state index in [4.69, 9.17) is 0 Å². The van der Waals surface area contributed by atoms with Gasteiger partial charge in [-0.1, -0.05) is 24.3 Å². The summed E-state index contributed by atoms with van der Waals surface area (Å²) in [6.45, 7) is 16.7. The maximum absolute atomic E-state index is 9.33. The molecule has 4 heterocycles. The molecule has 0 aliphatic rings. The molecule has 0 fully saturated rings. The van der Waals surface area contributed by atoms with E-state index >= 15 is 0 Å². The Balaban J connectivity index is -0.000000353. The van der Waals surface area contributed by atoms with Crippen LogP contribution in [0.25, 0.3) is 0 Å². The molecule has 4 rings (SSSR count). The molecule has 310 valence electrons. The third-order valence-corrected chi connectivity index (χ3v) is 6.75. The summed E-state index contributed by atoms with van der Waals surface area (Å²) in [5.74, 6) is -1.96. The first-order chi connectivity index (χ1) is 25.4. The van der Waals surface area contributed by atoms with Crippen LogP contribution in [0, 0.1) is 23.7 Å². The Labute approximate surface area is 359 Å². The summed E-state index contributed by atoms with van der Waals surface area (Å²) in [5.41, 5.74) is 4.52. The molecule has 0 aromatic carbocycles. The predicted molar refractivity (Wildman–Crippen MR) is 200 cm³/mol. The van der Waals surface area contributed by atoms with Crippen LogP contribution in [0.2, 0.25) is 0 Å². The number of hydrogen-bond donors (Lipinski definition) is 0. The van der Waals surface area contributed by atoms with Gasteiger partial charge in [0.1, 0.15) is 23.9 Å². The van der Waals surface area contributed by atoms with Crippen molar-refractivity contribution in [1.82, 2.24) is 29.7 Å². The molecule has 0 amide bonds. The fraction of sp³-hybridized carbons (Fsp3) is 0.300. The number of aromatic nitrogens is 4. The molecule has 0 saturated heterocycles. The van der Waals surface area contributed by atoms with Crippen molar-refractivity contribution in [2.24, 2.45) is 0 Å². The monoisotopic (exact) mass is 882 g/mol. The third-order valence-electron chi connectivity index (χ3n) is 6.75. The number of carbonyl (C=O) groups is 4. The summed E-state index contributed by atoms with van der Waals surface area (Å²) in [6.07, 6.45) is 7.38. The molecule has 6 N–H and O–H groups in total. The zero-order valence-corrected chi connectivity index (χ0v) is 35.3. The maximum atomic E-state index is 9.33. The summed E-state index contributed by atoms with van der Waals surface area (Å²) in [4.78, 5) is 59.7. The first-order valence-electron chi connectivity index (χ1n) is 16.3. The Kier molecular flexibility index (Phi) is 32.2. The summed E-state index contributed by atoms with van der Waals surface area (Å²) in [5, 5.41) is 37.3. The molecule has 0 bridgehead atoms. The smallest absolute Gasteiger partial charge is 0.537 e. The van der Waals surface area contributed by atoms with Gasteiger partial charge in [0, 0.05) is 62.0 Å². The first kappa shape index (κ1) is 59.2. The van der Waals surface area contributed by atoms with Crippen LogP contribution in [0.3, 0.4) is 0 Å². The number of carboxylic acid groups (broad SMARTS) is 4. The number of rotatable bonds is 8. The molecule has 0 aliphatic heterocycles. The van der Waals surface area contributed by atoms with E-state index in [0.29, 0.717) is 0 Å². The topological polar surface area (TPSA) is 285 Å². The molecule has 0 aliphatic carbocycles. The van der Waals surface area contributed by atoms with Crippen molar-refractivity contribution in [1.29, 1.82) is 0 Å². The van der Waals surface area contributed by atoms with Crippen LogP contribution in [0.4, 0.5) is 0 Å². The maximum Gasteiger partial charge on any atom is 2.00 e. The average molecular weight is 883 g/mol. The molecule has 0 atom stereocenters. The Morgan fingerprint density at radius 2 is 0.638 bits per heavy atom. The van der Waals surface area contributed by atoms with Gasteiger partial charge in [-0.25, -0.2) is 0 Å². The summed E-state index contributed by atoms with van der Waals surface area (Å²) < 4.78 is 0. The van der Waals surface area contributed by atoms with Crippen LogP contribution in [0.15, 0.2) is 97.6 Å². The third kappa shape index (κ3) is 29.7. The quantitative estimate of drug-likeness (QED) is 0.102. The van der Waals surface area contributed by atoms with Gasteiger partial charge < -0.3 is 50.6 Å². The molecular formula is C40H48Mn2N6O10+2. The normalized spacial score (nSPS) is 9.52. The molecule has 58 heavy (non-hydrogen) atoms. The zero-order valence-electron chi connectivity index (χ0n) is 32.9. The Bertz CT molecular complexity index is 1620. The zero-order chi connectivity index (χ0) is 40.6. The fourth-order valence-electron chi connectivity index (χ4n) is 4.01. The summed E-state index contributed by atoms with van der Waals surface area (Å²) in [7, 11) is 0. The van der Waals surface area contributed by atoms with Crippen LogP contribution in [0.5, 0.6) is 0 Å². The molecule has 16 nitrogen and oxygen atoms in total.